The maximum atomic E-state index is 11.6. The molecule has 0 spiro atoms. The Morgan fingerprint density at radius 2 is 2.10 bits per heavy atom. The Kier molecular flexibility index (Phi) is 4.76. The van der Waals surface area contributed by atoms with Gasteiger partial charge in [-0.15, -0.1) is 0 Å². The van der Waals surface area contributed by atoms with Gasteiger partial charge in [0.05, 0.1) is 30.6 Å². The second kappa shape index (κ2) is 6.75. The predicted molar refractivity (Wildman–Crippen MR) is 77.7 cm³/mol. The van der Waals surface area contributed by atoms with Crippen LogP contribution in [0.4, 0.5) is 5.69 Å². The summed E-state index contributed by atoms with van der Waals surface area (Å²) < 4.78 is 5.08. The number of nitrogens with one attached hydrogen (secondary N) is 2. The SMILES string of the molecule is CCCOC(=O)c1ccc(NCc2cnc(C)[nH]2)cc1. The van der Waals surface area contributed by atoms with Crippen molar-refractivity contribution in [3.8, 4) is 0 Å². The van der Waals surface area contributed by atoms with Crippen LogP contribution in [0.5, 0.6) is 0 Å². The number of H-pyrrole nitrogens is 1. The highest BCUT2D eigenvalue weighted by Gasteiger charge is 2.06. The van der Waals surface area contributed by atoms with Crippen molar-refractivity contribution in [2.45, 2.75) is 26.8 Å². The van der Waals surface area contributed by atoms with Crippen molar-refractivity contribution in [2.75, 3.05) is 11.9 Å². The number of hydrogen-bond acceptors (Lipinski definition) is 4. The van der Waals surface area contributed by atoms with Gasteiger partial charge in [-0.1, -0.05) is 6.92 Å². The van der Waals surface area contributed by atoms with Crippen LogP contribution < -0.4 is 5.32 Å². The van der Waals surface area contributed by atoms with Crippen molar-refractivity contribution >= 4 is 11.7 Å². The minimum Gasteiger partial charge on any atom is -0.462 e. The summed E-state index contributed by atoms with van der Waals surface area (Å²) in [7, 11) is 0. The van der Waals surface area contributed by atoms with Crippen LogP contribution >= 0.6 is 0 Å². The fourth-order valence-electron chi connectivity index (χ4n) is 1.76. The highest BCUT2D eigenvalue weighted by atomic mass is 16.5. The van der Waals surface area contributed by atoms with E-state index >= 15 is 0 Å². The molecular formula is C15H19N3O2. The van der Waals surface area contributed by atoms with E-state index in [2.05, 4.69) is 15.3 Å². The number of anilines is 1. The quantitative estimate of drug-likeness (QED) is 0.794. The Labute approximate surface area is 118 Å². The van der Waals surface area contributed by atoms with E-state index in [1.54, 1.807) is 18.3 Å². The highest BCUT2D eigenvalue weighted by Crippen LogP contribution is 2.12. The molecule has 20 heavy (non-hydrogen) atoms. The molecule has 0 aliphatic rings. The van der Waals surface area contributed by atoms with Gasteiger partial charge in [0.15, 0.2) is 0 Å². The van der Waals surface area contributed by atoms with Gasteiger partial charge in [0, 0.05) is 5.69 Å². The largest absolute Gasteiger partial charge is 0.462 e. The summed E-state index contributed by atoms with van der Waals surface area (Å²) in [5.74, 6) is 0.624. The van der Waals surface area contributed by atoms with Crippen LogP contribution in [-0.2, 0) is 11.3 Å². The van der Waals surface area contributed by atoms with Crippen molar-refractivity contribution < 1.29 is 9.53 Å². The molecule has 1 aromatic heterocycles. The molecule has 0 atom stereocenters. The number of rotatable bonds is 6. The number of esters is 1. The molecule has 0 amide bonds. The van der Waals surface area contributed by atoms with E-state index in [9.17, 15) is 4.79 Å². The summed E-state index contributed by atoms with van der Waals surface area (Å²) in [4.78, 5) is 18.9. The Bertz CT molecular complexity index is 561. The molecule has 1 aromatic carbocycles. The number of imidazole rings is 1. The molecule has 2 aromatic rings. The van der Waals surface area contributed by atoms with E-state index in [0.717, 1.165) is 23.6 Å². The zero-order chi connectivity index (χ0) is 14.4. The van der Waals surface area contributed by atoms with Gasteiger partial charge in [0.25, 0.3) is 0 Å². The maximum Gasteiger partial charge on any atom is 0.338 e. The van der Waals surface area contributed by atoms with Gasteiger partial charge >= 0.3 is 5.97 Å². The van der Waals surface area contributed by atoms with Crippen LogP contribution in [0.1, 0.15) is 35.2 Å². The molecule has 0 saturated heterocycles. The molecular weight excluding hydrogens is 254 g/mol. The number of aryl methyl sites for hydroxylation is 1. The van der Waals surface area contributed by atoms with Crippen molar-refractivity contribution in [1.29, 1.82) is 0 Å². The van der Waals surface area contributed by atoms with E-state index < -0.39 is 0 Å². The van der Waals surface area contributed by atoms with Crippen LogP contribution in [-0.4, -0.2) is 22.5 Å². The minimum absolute atomic E-state index is 0.275. The van der Waals surface area contributed by atoms with Gasteiger partial charge in [-0.3, -0.25) is 0 Å². The van der Waals surface area contributed by atoms with Gasteiger partial charge in [-0.25, -0.2) is 9.78 Å². The third kappa shape index (κ3) is 3.85. The number of nitrogens with zero attached hydrogens (tertiary/aromatic N) is 1. The molecule has 5 heteroatoms. The molecule has 0 fully saturated rings. The molecule has 0 aliphatic carbocycles. The first kappa shape index (κ1) is 14.1. The van der Waals surface area contributed by atoms with Crippen molar-refractivity contribution in [3.05, 3.63) is 47.5 Å². The summed E-state index contributed by atoms with van der Waals surface area (Å²) in [5.41, 5.74) is 2.54. The summed E-state index contributed by atoms with van der Waals surface area (Å²) >= 11 is 0. The van der Waals surface area contributed by atoms with Crippen molar-refractivity contribution in [1.82, 2.24) is 9.97 Å². The minimum atomic E-state index is -0.275. The second-order valence-electron chi connectivity index (χ2n) is 4.56. The summed E-state index contributed by atoms with van der Waals surface area (Å²) in [5, 5.41) is 3.26. The Balaban J connectivity index is 1.89. The second-order valence-corrected chi connectivity index (χ2v) is 4.56. The molecule has 0 radical (unpaired) electrons. The van der Waals surface area contributed by atoms with Crippen molar-refractivity contribution in [2.24, 2.45) is 0 Å². The van der Waals surface area contributed by atoms with E-state index in [1.165, 1.54) is 0 Å². The number of hydrogen-bond donors (Lipinski definition) is 2. The average Bonchev–Trinajstić information content (AvgIpc) is 2.89. The van der Waals surface area contributed by atoms with Gasteiger partial charge in [-0.05, 0) is 37.6 Å². The number of ether oxygens (including phenoxy) is 1. The first-order valence-electron chi connectivity index (χ1n) is 6.70. The smallest absolute Gasteiger partial charge is 0.338 e. The standard InChI is InChI=1S/C15H19N3O2/c1-3-8-20-15(19)12-4-6-13(7-5-12)17-10-14-9-16-11(2)18-14/h4-7,9,17H,3,8,10H2,1-2H3,(H,16,18). The first-order valence-corrected chi connectivity index (χ1v) is 6.70. The van der Waals surface area contributed by atoms with Gasteiger partial charge in [0.1, 0.15) is 5.82 Å². The molecule has 5 nitrogen and oxygen atoms in total. The summed E-state index contributed by atoms with van der Waals surface area (Å²) in [6.07, 6.45) is 2.63. The Morgan fingerprint density at radius 1 is 1.35 bits per heavy atom. The lowest BCUT2D eigenvalue weighted by atomic mass is 10.2. The molecule has 0 saturated carbocycles. The lowest BCUT2D eigenvalue weighted by molar-refractivity contribution is 0.0505. The third-order valence-corrected chi connectivity index (χ3v) is 2.80. The normalized spacial score (nSPS) is 10.3. The Hall–Kier alpha value is -2.30. The van der Waals surface area contributed by atoms with E-state index in [0.29, 0.717) is 18.7 Å². The van der Waals surface area contributed by atoms with E-state index in [-0.39, 0.29) is 5.97 Å². The van der Waals surface area contributed by atoms with Crippen LogP contribution in [0.2, 0.25) is 0 Å². The number of aromatic nitrogens is 2. The molecule has 2 N–H and O–H groups in total. The van der Waals surface area contributed by atoms with Crippen LogP contribution in [0.3, 0.4) is 0 Å². The fourth-order valence-corrected chi connectivity index (χ4v) is 1.76. The number of aromatic amines is 1. The topological polar surface area (TPSA) is 67.0 Å². The molecule has 0 bridgehead atoms. The fraction of sp³-hybridized carbons (Fsp3) is 0.333. The zero-order valence-electron chi connectivity index (χ0n) is 11.8. The van der Waals surface area contributed by atoms with Crippen LogP contribution in [0.15, 0.2) is 30.5 Å². The number of benzene rings is 1. The molecule has 0 aliphatic heterocycles. The van der Waals surface area contributed by atoms with Gasteiger partial charge < -0.3 is 15.0 Å². The lowest BCUT2D eigenvalue weighted by Crippen LogP contribution is -2.06. The first-order chi connectivity index (χ1) is 9.69. The lowest BCUT2D eigenvalue weighted by Gasteiger charge is -2.06. The molecule has 2 rings (SSSR count). The highest BCUT2D eigenvalue weighted by molar-refractivity contribution is 5.89. The van der Waals surface area contributed by atoms with Crippen LogP contribution in [0, 0.1) is 6.92 Å². The molecule has 1 heterocycles. The number of carbonyl (C=O) groups excluding carboxylic acids is 1. The number of carbonyl (C=O) groups is 1. The summed E-state index contributed by atoms with van der Waals surface area (Å²) in [6, 6.07) is 7.26. The van der Waals surface area contributed by atoms with Gasteiger partial charge in [-0.2, -0.15) is 0 Å². The van der Waals surface area contributed by atoms with Crippen molar-refractivity contribution in [3.63, 3.8) is 0 Å². The van der Waals surface area contributed by atoms with Crippen LogP contribution in [0.25, 0.3) is 0 Å². The zero-order valence-corrected chi connectivity index (χ0v) is 11.8. The van der Waals surface area contributed by atoms with Gasteiger partial charge in [0.2, 0.25) is 0 Å². The third-order valence-electron chi connectivity index (χ3n) is 2.80. The Morgan fingerprint density at radius 3 is 2.70 bits per heavy atom. The average molecular weight is 273 g/mol. The van der Waals surface area contributed by atoms with E-state index in [4.69, 9.17) is 4.74 Å². The molecule has 0 unspecified atom stereocenters. The maximum absolute atomic E-state index is 11.6. The van der Waals surface area contributed by atoms with E-state index in [1.807, 2.05) is 26.0 Å². The summed E-state index contributed by atoms with van der Waals surface area (Å²) in [6.45, 7) is 5.01. The monoisotopic (exact) mass is 273 g/mol. The predicted octanol–water partition coefficient (Wildman–Crippen LogP) is 2.90. The molecule has 106 valence electrons.